The predicted molar refractivity (Wildman–Crippen MR) is 98.8 cm³/mol. The highest BCUT2D eigenvalue weighted by Gasteiger charge is 2.44. The van der Waals surface area contributed by atoms with Crippen molar-refractivity contribution in [2.75, 3.05) is 0 Å². The molecule has 1 fully saturated rings. The summed E-state index contributed by atoms with van der Waals surface area (Å²) < 4.78 is 30.7. The summed E-state index contributed by atoms with van der Waals surface area (Å²) >= 11 is 0. The van der Waals surface area contributed by atoms with Crippen LogP contribution in [0, 0.1) is 19.8 Å². The van der Waals surface area contributed by atoms with Gasteiger partial charge in [0.15, 0.2) is 0 Å². The molecule has 28 heavy (non-hydrogen) atoms. The zero-order chi connectivity index (χ0) is 20.5. The Hall–Kier alpha value is -2.77. The van der Waals surface area contributed by atoms with Crippen LogP contribution in [0.15, 0.2) is 30.5 Å². The zero-order valence-electron chi connectivity index (χ0n) is 15.8. The summed E-state index contributed by atoms with van der Waals surface area (Å²) in [6.07, 6.45) is 1.03. The van der Waals surface area contributed by atoms with Gasteiger partial charge in [-0.1, -0.05) is 6.07 Å². The standard InChI is InChI=1S/C20H23F2N3O3/c1-12-11-15(13(2)25(12)17-5-3-4-10-23-17)18(26)24-16-7-6-14(19(27)28)8-9-20(16,21)22/h3-5,10-11,14,16H,6-9H2,1-2H3,(H,24,26)(H,27,28)/t14-,16-/m1/s1. The molecule has 2 aromatic rings. The summed E-state index contributed by atoms with van der Waals surface area (Å²) in [4.78, 5) is 28.2. The number of aryl methyl sites for hydroxylation is 1. The van der Waals surface area contributed by atoms with Crippen molar-refractivity contribution in [1.82, 2.24) is 14.9 Å². The number of nitrogens with one attached hydrogen (secondary N) is 1. The molecule has 0 saturated heterocycles. The number of halogens is 2. The normalized spacial score (nSPS) is 21.7. The molecule has 0 aliphatic heterocycles. The van der Waals surface area contributed by atoms with Gasteiger partial charge in [-0.3, -0.25) is 9.59 Å². The van der Waals surface area contributed by atoms with Crippen LogP contribution in [0.5, 0.6) is 0 Å². The van der Waals surface area contributed by atoms with E-state index in [1.54, 1.807) is 35.9 Å². The first-order valence-corrected chi connectivity index (χ1v) is 9.22. The zero-order valence-corrected chi connectivity index (χ0v) is 15.8. The molecule has 1 amide bonds. The lowest BCUT2D eigenvalue weighted by molar-refractivity contribution is -0.142. The minimum absolute atomic E-state index is 0.0747. The number of nitrogens with zero attached hydrogens (tertiary/aromatic N) is 2. The lowest BCUT2D eigenvalue weighted by Crippen LogP contribution is -2.47. The summed E-state index contributed by atoms with van der Waals surface area (Å²) in [6, 6.07) is 5.67. The van der Waals surface area contributed by atoms with Gasteiger partial charge in [-0.25, -0.2) is 13.8 Å². The van der Waals surface area contributed by atoms with Gasteiger partial charge in [-0.05, 0) is 51.3 Å². The molecule has 0 spiro atoms. The van der Waals surface area contributed by atoms with Crippen LogP contribution < -0.4 is 5.32 Å². The monoisotopic (exact) mass is 391 g/mol. The van der Waals surface area contributed by atoms with Crippen molar-refractivity contribution in [3.63, 3.8) is 0 Å². The fourth-order valence-electron chi connectivity index (χ4n) is 3.76. The maximum absolute atomic E-state index is 14.5. The fraction of sp³-hybridized carbons (Fsp3) is 0.450. The number of hydrogen-bond acceptors (Lipinski definition) is 3. The number of carboxylic acids is 1. The van der Waals surface area contributed by atoms with Crippen LogP contribution >= 0.6 is 0 Å². The fourth-order valence-corrected chi connectivity index (χ4v) is 3.76. The molecule has 2 heterocycles. The summed E-state index contributed by atoms with van der Waals surface area (Å²) in [5.74, 6) is -4.97. The molecule has 150 valence electrons. The number of carbonyl (C=O) groups excluding carboxylic acids is 1. The van der Waals surface area contributed by atoms with Gasteiger partial charge in [0.2, 0.25) is 0 Å². The van der Waals surface area contributed by atoms with E-state index in [2.05, 4.69) is 10.3 Å². The number of amides is 1. The molecule has 0 unspecified atom stereocenters. The van der Waals surface area contributed by atoms with Crippen molar-refractivity contribution in [1.29, 1.82) is 0 Å². The molecule has 1 aliphatic rings. The van der Waals surface area contributed by atoms with Gasteiger partial charge < -0.3 is 15.0 Å². The molecule has 0 radical (unpaired) electrons. The number of carbonyl (C=O) groups is 2. The Bertz CT molecular complexity index is 880. The number of alkyl halides is 2. The number of aromatic nitrogens is 2. The van der Waals surface area contributed by atoms with E-state index >= 15 is 0 Å². The molecule has 1 aliphatic carbocycles. The molecular weight excluding hydrogens is 368 g/mol. The number of hydrogen-bond donors (Lipinski definition) is 2. The average molecular weight is 391 g/mol. The van der Waals surface area contributed by atoms with Crippen LogP contribution in [0.2, 0.25) is 0 Å². The van der Waals surface area contributed by atoms with Gasteiger partial charge in [-0.15, -0.1) is 0 Å². The van der Waals surface area contributed by atoms with Crippen molar-refractivity contribution >= 4 is 11.9 Å². The van der Waals surface area contributed by atoms with Crippen molar-refractivity contribution in [3.8, 4) is 5.82 Å². The van der Waals surface area contributed by atoms with Gasteiger partial charge in [0.25, 0.3) is 11.8 Å². The summed E-state index contributed by atoms with van der Waals surface area (Å²) in [5.41, 5.74) is 1.67. The summed E-state index contributed by atoms with van der Waals surface area (Å²) in [6.45, 7) is 3.55. The molecule has 8 heteroatoms. The Balaban J connectivity index is 1.82. The van der Waals surface area contributed by atoms with E-state index < -0.39 is 36.2 Å². The van der Waals surface area contributed by atoms with Gasteiger partial charge >= 0.3 is 5.97 Å². The maximum Gasteiger partial charge on any atom is 0.306 e. The Labute approximate surface area is 161 Å². The minimum Gasteiger partial charge on any atom is -0.481 e. The van der Waals surface area contributed by atoms with E-state index in [1.165, 1.54) is 0 Å². The van der Waals surface area contributed by atoms with Crippen molar-refractivity contribution < 1.29 is 23.5 Å². The molecule has 2 N–H and O–H groups in total. The average Bonchev–Trinajstić information content (AvgIpc) is 2.85. The van der Waals surface area contributed by atoms with Crippen LogP contribution in [-0.2, 0) is 4.79 Å². The van der Waals surface area contributed by atoms with E-state index in [1.807, 2.05) is 13.0 Å². The van der Waals surface area contributed by atoms with Crippen LogP contribution in [0.1, 0.15) is 47.4 Å². The van der Waals surface area contributed by atoms with E-state index in [9.17, 15) is 18.4 Å². The van der Waals surface area contributed by atoms with E-state index in [0.717, 1.165) is 5.69 Å². The van der Waals surface area contributed by atoms with Crippen LogP contribution in [0.3, 0.4) is 0 Å². The van der Waals surface area contributed by atoms with Crippen molar-refractivity contribution in [2.45, 2.75) is 51.5 Å². The van der Waals surface area contributed by atoms with Crippen LogP contribution in [0.4, 0.5) is 8.78 Å². The number of rotatable bonds is 4. The second-order valence-corrected chi connectivity index (χ2v) is 7.25. The SMILES string of the molecule is Cc1cc(C(=O)N[C@@H]2CC[C@@H](C(=O)O)CCC2(F)F)c(C)n1-c1ccccn1. The minimum atomic E-state index is -3.15. The molecule has 0 aromatic carbocycles. The second kappa shape index (κ2) is 7.69. The third kappa shape index (κ3) is 3.90. The highest BCUT2D eigenvalue weighted by Crippen LogP contribution is 2.35. The lowest BCUT2D eigenvalue weighted by Gasteiger charge is -2.25. The largest absolute Gasteiger partial charge is 0.481 e. The smallest absolute Gasteiger partial charge is 0.306 e. The quantitative estimate of drug-likeness (QED) is 0.782. The van der Waals surface area contributed by atoms with Crippen LogP contribution in [0.25, 0.3) is 5.82 Å². The Morgan fingerprint density at radius 2 is 2.00 bits per heavy atom. The number of carboxylic acid groups (broad SMARTS) is 1. The van der Waals surface area contributed by atoms with Crippen molar-refractivity contribution in [3.05, 3.63) is 47.4 Å². The molecule has 2 aromatic heterocycles. The maximum atomic E-state index is 14.5. The molecule has 1 saturated carbocycles. The van der Waals surface area contributed by atoms with E-state index in [0.29, 0.717) is 17.1 Å². The third-order valence-electron chi connectivity index (χ3n) is 5.35. The topological polar surface area (TPSA) is 84.2 Å². The Kier molecular flexibility index (Phi) is 5.49. The Morgan fingerprint density at radius 1 is 1.25 bits per heavy atom. The Morgan fingerprint density at radius 3 is 2.64 bits per heavy atom. The number of pyridine rings is 1. The molecule has 2 atom stereocenters. The van der Waals surface area contributed by atoms with E-state index in [-0.39, 0.29) is 19.3 Å². The number of aliphatic carboxylic acids is 1. The summed E-state index contributed by atoms with van der Waals surface area (Å²) in [7, 11) is 0. The molecule has 6 nitrogen and oxygen atoms in total. The highest BCUT2D eigenvalue weighted by molar-refractivity contribution is 5.96. The predicted octanol–water partition coefficient (Wildman–Crippen LogP) is 3.50. The van der Waals surface area contributed by atoms with Gasteiger partial charge in [-0.2, -0.15) is 0 Å². The van der Waals surface area contributed by atoms with Gasteiger partial charge in [0.05, 0.1) is 17.5 Å². The third-order valence-corrected chi connectivity index (χ3v) is 5.35. The van der Waals surface area contributed by atoms with Gasteiger partial charge in [0.1, 0.15) is 5.82 Å². The van der Waals surface area contributed by atoms with Crippen LogP contribution in [-0.4, -0.2) is 38.5 Å². The van der Waals surface area contributed by atoms with E-state index in [4.69, 9.17) is 5.11 Å². The molecular formula is C20H23F2N3O3. The lowest BCUT2D eigenvalue weighted by atomic mass is 10.0. The highest BCUT2D eigenvalue weighted by atomic mass is 19.3. The van der Waals surface area contributed by atoms with Crippen molar-refractivity contribution in [2.24, 2.45) is 5.92 Å². The molecule has 0 bridgehead atoms. The second-order valence-electron chi connectivity index (χ2n) is 7.25. The first-order chi connectivity index (χ1) is 13.2. The first-order valence-electron chi connectivity index (χ1n) is 9.22. The first kappa shape index (κ1) is 20.0. The van der Waals surface area contributed by atoms with Gasteiger partial charge in [0, 0.05) is 24.0 Å². The summed E-state index contributed by atoms with van der Waals surface area (Å²) in [5, 5.41) is 11.6. The molecule has 3 rings (SSSR count).